The molecule has 0 atom stereocenters. The molecule has 0 bridgehead atoms. The number of hydrogen-bond donors (Lipinski definition) is 1. The fourth-order valence-electron chi connectivity index (χ4n) is 2.14. The van der Waals surface area contributed by atoms with Crippen LogP contribution in [0.4, 0.5) is 0 Å². The molecule has 4 nitrogen and oxygen atoms in total. The normalized spacial score (nSPS) is 16.3. The summed E-state index contributed by atoms with van der Waals surface area (Å²) in [5, 5.41) is 3.88. The van der Waals surface area contributed by atoms with Gasteiger partial charge in [-0.1, -0.05) is 23.2 Å². The summed E-state index contributed by atoms with van der Waals surface area (Å²) in [5.41, 5.74) is 0.753. The first-order chi connectivity index (χ1) is 9.13. The maximum Gasteiger partial charge on any atom is 0.306 e. The summed E-state index contributed by atoms with van der Waals surface area (Å²) >= 11 is 11.6. The van der Waals surface area contributed by atoms with E-state index in [1.165, 1.54) is 0 Å². The Hall–Kier alpha value is -0.840. The number of aromatic nitrogens is 1. The van der Waals surface area contributed by atoms with Crippen LogP contribution >= 0.6 is 23.2 Å². The highest BCUT2D eigenvalue weighted by Crippen LogP contribution is 2.18. The van der Waals surface area contributed by atoms with Crippen molar-refractivity contribution in [1.82, 2.24) is 10.3 Å². The van der Waals surface area contributed by atoms with Crippen LogP contribution in [0.15, 0.2) is 12.1 Å². The topological polar surface area (TPSA) is 51.2 Å². The van der Waals surface area contributed by atoms with Crippen LogP contribution in [0.1, 0.15) is 24.8 Å². The van der Waals surface area contributed by atoms with E-state index in [-0.39, 0.29) is 12.6 Å². The van der Waals surface area contributed by atoms with Gasteiger partial charge in [0.25, 0.3) is 0 Å². The second kappa shape index (κ2) is 7.08. The van der Waals surface area contributed by atoms with Crippen molar-refractivity contribution in [3.8, 4) is 0 Å². The average molecular weight is 303 g/mol. The van der Waals surface area contributed by atoms with Gasteiger partial charge in [-0.3, -0.25) is 4.79 Å². The minimum absolute atomic E-state index is 0.170. The molecule has 0 aromatic carbocycles. The zero-order valence-corrected chi connectivity index (χ0v) is 12.0. The molecule has 1 N–H and O–H groups in total. The van der Waals surface area contributed by atoms with E-state index >= 15 is 0 Å². The summed E-state index contributed by atoms with van der Waals surface area (Å²) in [6.45, 7) is 2.15. The quantitative estimate of drug-likeness (QED) is 0.686. The van der Waals surface area contributed by atoms with Gasteiger partial charge in [0.1, 0.15) is 16.9 Å². The zero-order chi connectivity index (χ0) is 13.7. The van der Waals surface area contributed by atoms with Crippen molar-refractivity contribution in [1.29, 1.82) is 0 Å². The molecule has 1 aliphatic rings. The van der Waals surface area contributed by atoms with Gasteiger partial charge in [0, 0.05) is 6.42 Å². The van der Waals surface area contributed by atoms with Crippen LogP contribution in [0, 0.1) is 5.92 Å². The van der Waals surface area contributed by atoms with E-state index in [1.807, 2.05) is 0 Å². The van der Waals surface area contributed by atoms with E-state index in [4.69, 9.17) is 27.9 Å². The van der Waals surface area contributed by atoms with Crippen LogP contribution in [0.3, 0.4) is 0 Å². The van der Waals surface area contributed by atoms with E-state index in [2.05, 4.69) is 10.3 Å². The minimum atomic E-state index is -0.170. The van der Waals surface area contributed by atoms with Crippen molar-refractivity contribution in [2.24, 2.45) is 5.92 Å². The van der Waals surface area contributed by atoms with E-state index in [9.17, 15) is 4.79 Å². The third-order valence-corrected chi connectivity index (χ3v) is 3.52. The summed E-state index contributed by atoms with van der Waals surface area (Å²) in [6, 6.07) is 3.29. The Morgan fingerprint density at radius 3 is 2.58 bits per heavy atom. The molecule has 0 aliphatic carbocycles. The molecule has 1 aromatic rings. The summed E-state index contributed by atoms with van der Waals surface area (Å²) in [5.74, 6) is 0.259. The third kappa shape index (κ3) is 4.97. The molecule has 19 heavy (non-hydrogen) atoms. The Morgan fingerprint density at radius 2 is 1.95 bits per heavy atom. The molecule has 1 saturated heterocycles. The maximum absolute atomic E-state index is 11.7. The van der Waals surface area contributed by atoms with Gasteiger partial charge in [0.05, 0.1) is 0 Å². The minimum Gasteiger partial charge on any atom is -0.461 e. The fourth-order valence-corrected chi connectivity index (χ4v) is 2.65. The van der Waals surface area contributed by atoms with Gasteiger partial charge in [-0.2, -0.15) is 0 Å². The predicted molar refractivity (Wildman–Crippen MR) is 74.3 cm³/mol. The molecule has 6 heteroatoms. The zero-order valence-electron chi connectivity index (χ0n) is 10.5. The van der Waals surface area contributed by atoms with Gasteiger partial charge in [-0.05, 0) is 49.5 Å². The largest absolute Gasteiger partial charge is 0.461 e. The Bertz CT molecular complexity index is 428. The summed E-state index contributed by atoms with van der Waals surface area (Å²) in [4.78, 5) is 15.6. The van der Waals surface area contributed by atoms with Crippen molar-refractivity contribution in [2.75, 3.05) is 13.1 Å². The molecular formula is C13H16Cl2N2O2. The number of nitrogens with zero attached hydrogens (tertiary/aromatic N) is 1. The molecule has 0 amide bonds. The Balaban J connectivity index is 1.79. The standard InChI is InChI=1S/C13H16Cl2N2O2/c14-11-5-10(6-12(15)17-11)8-19-13(18)7-9-1-3-16-4-2-9/h5-6,9,16H,1-4,7-8H2. The molecule has 1 aromatic heterocycles. The van der Waals surface area contributed by atoms with E-state index in [1.54, 1.807) is 12.1 Å². The van der Waals surface area contributed by atoms with Crippen molar-refractivity contribution < 1.29 is 9.53 Å². The lowest BCUT2D eigenvalue weighted by Crippen LogP contribution is -2.29. The highest BCUT2D eigenvalue weighted by atomic mass is 35.5. The van der Waals surface area contributed by atoms with Crippen LogP contribution in [-0.4, -0.2) is 24.0 Å². The molecule has 1 aliphatic heterocycles. The molecule has 0 spiro atoms. The number of esters is 1. The summed E-state index contributed by atoms with van der Waals surface area (Å²) in [7, 11) is 0. The number of rotatable bonds is 4. The van der Waals surface area contributed by atoms with Crippen molar-refractivity contribution >= 4 is 29.2 Å². The summed E-state index contributed by atoms with van der Waals surface area (Å²) < 4.78 is 5.24. The van der Waals surface area contributed by atoms with Crippen molar-refractivity contribution in [2.45, 2.75) is 25.9 Å². The van der Waals surface area contributed by atoms with E-state index in [0.29, 0.717) is 22.6 Å². The predicted octanol–water partition coefficient (Wildman–Crippen LogP) is 2.82. The molecule has 0 saturated carbocycles. The summed E-state index contributed by atoms with van der Waals surface area (Å²) in [6.07, 6.45) is 2.54. The lowest BCUT2D eigenvalue weighted by molar-refractivity contribution is -0.146. The number of ether oxygens (including phenoxy) is 1. The number of carbonyl (C=O) groups excluding carboxylic acids is 1. The van der Waals surface area contributed by atoms with Gasteiger partial charge in [0.15, 0.2) is 0 Å². The fraction of sp³-hybridized carbons (Fsp3) is 0.538. The van der Waals surface area contributed by atoms with E-state index < -0.39 is 0 Å². The highest BCUT2D eigenvalue weighted by molar-refractivity contribution is 6.32. The van der Waals surface area contributed by atoms with Gasteiger partial charge in [0.2, 0.25) is 0 Å². The first kappa shape index (κ1) is 14.6. The number of piperidine rings is 1. The van der Waals surface area contributed by atoms with Gasteiger partial charge < -0.3 is 10.1 Å². The van der Waals surface area contributed by atoms with Crippen molar-refractivity contribution in [3.63, 3.8) is 0 Å². The van der Waals surface area contributed by atoms with Crippen LogP contribution in [0.5, 0.6) is 0 Å². The lowest BCUT2D eigenvalue weighted by atomic mass is 9.95. The first-order valence-corrected chi connectivity index (χ1v) is 7.07. The molecule has 104 valence electrons. The third-order valence-electron chi connectivity index (χ3n) is 3.14. The van der Waals surface area contributed by atoms with Gasteiger partial charge >= 0.3 is 5.97 Å². The number of pyridine rings is 1. The van der Waals surface area contributed by atoms with Crippen molar-refractivity contribution in [3.05, 3.63) is 28.0 Å². The Labute approximate surface area is 122 Å². The second-order valence-electron chi connectivity index (χ2n) is 4.68. The maximum atomic E-state index is 11.7. The average Bonchev–Trinajstić information content (AvgIpc) is 2.36. The molecule has 2 heterocycles. The Morgan fingerprint density at radius 1 is 1.32 bits per heavy atom. The Kier molecular flexibility index (Phi) is 5.43. The highest BCUT2D eigenvalue weighted by Gasteiger charge is 2.17. The molecule has 1 fully saturated rings. The number of carbonyl (C=O) groups is 1. The van der Waals surface area contributed by atoms with Crippen LogP contribution < -0.4 is 5.32 Å². The molecule has 2 rings (SSSR count). The van der Waals surface area contributed by atoms with Crippen LogP contribution in [0.2, 0.25) is 10.3 Å². The number of nitrogens with one attached hydrogen (secondary N) is 1. The lowest BCUT2D eigenvalue weighted by Gasteiger charge is -2.21. The monoisotopic (exact) mass is 302 g/mol. The first-order valence-electron chi connectivity index (χ1n) is 6.32. The smallest absolute Gasteiger partial charge is 0.306 e. The molecule has 0 unspecified atom stereocenters. The van der Waals surface area contributed by atoms with Crippen LogP contribution in [-0.2, 0) is 16.1 Å². The second-order valence-corrected chi connectivity index (χ2v) is 5.45. The number of hydrogen-bond acceptors (Lipinski definition) is 4. The van der Waals surface area contributed by atoms with E-state index in [0.717, 1.165) is 31.5 Å². The van der Waals surface area contributed by atoms with Gasteiger partial charge in [-0.15, -0.1) is 0 Å². The SMILES string of the molecule is O=C(CC1CCNCC1)OCc1cc(Cl)nc(Cl)c1. The molecule has 0 radical (unpaired) electrons. The molecular weight excluding hydrogens is 287 g/mol. The number of halogens is 2. The van der Waals surface area contributed by atoms with Crippen LogP contribution in [0.25, 0.3) is 0 Å². The van der Waals surface area contributed by atoms with Gasteiger partial charge in [-0.25, -0.2) is 4.98 Å².